The van der Waals surface area contributed by atoms with Gasteiger partial charge < -0.3 is 4.74 Å². The second-order valence-electron chi connectivity index (χ2n) is 4.59. The van der Waals surface area contributed by atoms with Crippen LogP contribution in [0.3, 0.4) is 0 Å². The minimum Gasteiger partial charge on any atom is -0.367 e. The Hall–Kier alpha value is -1.29. The molecule has 0 aliphatic carbocycles. The van der Waals surface area contributed by atoms with Gasteiger partial charge in [0.1, 0.15) is 17.2 Å². The molecule has 1 aliphatic heterocycles. The van der Waals surface area contributed by atoms with Crippen molar-refractivity contribution in [1.82, 2.24) is 0 Å². The zero-order chi connectivity index (χ0) is 12.6. The van der Waals surface area contributed by atoms with Crippen LogP contribution in [0.4, 0.5) is 8.78 Å². The summed E-state index contributed by atoms with van der Waals surface area (Å²) in [6.07, 6.45) is 1.35. The van der Waals surface area contributed by atoms with Gasteiger partial charge in [-0.2, -0.15) is 0 Å². The smallest absolute Gasteiger partial charge is 0.197 e. The monoisotopic (exact) mass is 240 g/mol. The van der Waals surface area contributed by atoms with Crippen molar-refractivity contribution < 1.29 is 18.3 Å². The predicted molar refractivity (Wildman–Crippen MR) is 59.0 cm³/mol. The average Bonchev–Trinajstić information content (AvgIpc) is 2.71. The third kappa shape index (κ3) is 2.09. The van der Waals surface area contributed by atoms with Gasteiger partial charge in [-0.1, -0.05) is 0 Å². The molecule has 1 aromatic rings. The summed E-state index contributed by atoms with van der Waals surface area (Å²) in [6.45, 7) is 3.66. The molecule has 1 aromatic carbocycles. The summed E-state index contributed by atoms with van der Waals surface area (Å²) in [6, 6.07) is 2.00. The molecule has 0 aromatic heterocycles. The van der Waals surface area contributed by atoms with Crippen molar-refractivity contribution in [2.24, 2.45) is 0 Å². The van der Waals surface area contributed by atoms with Gasteiger partial charge in [0.05, 0.1) is 5.56 Å². The lowest BCUT2D eigenvalue weighted by atomic mass is 9.91. The van der Waals surface area contributed by atoms with E-state index >= 15 is 0 Å². The molecule has 1 atom stereocenters. The fraction of sp³-hybridized carbons (Fsp3) is 0.462. The number of Topliss-reactive ketones (excluding diaryl/α,β-unsaturated/α-hetero) is 1. The van der Waals surface area contributed by atoms with Crippen LogP contribution in [-0.4, -0.2) is 18.0 Å². The number of ketones is 1. The van der Waals surface area contributed by atoms with Crippen LogP contribution < -0.4 is 0 Å². The van der Waals surface area contributed by atoms with Gasteiger partial charge in [-0.05, 0) is 38.3 Å². The lowest BCUT2D eigenvalue weighted by Gasteiger charge is -2.21. The second-order valence-corrected chi connectivity index (χ2v) is 4.59. The van der Waals surface area contributed by atoms with Gasteiger partial charge in [-0.25, -0.2) is 8.78 Å². The molecule has 1 fully saturated rings. The first-order chi connectivity index (χ1) is 7.94. The Morgan fingerprint density at radius 2 is 2.06 bits per heavy atom. The van der Waals surface area contributed by atoms with E-state index in [1.54, 1.807) is 6.92 Å². The molecule has 0 saturated carbocycles. The van der Waals surface area contributed by atoms with Crippen LogP contribution in [0.15, 0.2) is 12.1 Å². The molecular weight excluding hydrogens is 226 g/mol. The standard InChI is InChI=1S/C13H14F2O2/c1-8-6-9(11(15)7-10(8)14)12(16)13(2)4-3-5-17-13/h6-7H,3-5H2,1-2H3. The van der Waals surface area contributed by atoms with E-state index in [4.69, 9.17) is 4.74 Å². The first kappa shape index (κ1) is 12.2. The van der Waals surface area contributed by atoms with Crippen LogP contribution >= 0.6 is 0 Å². The van der Waals surface area contributed by atoms with E-state index in [9.17, 15) is 13.6 Å². The minimum atomic E-state index is -0.967. The summed E-state index contributed by atoms with van der Waals surface area (Å²) in [5.41, 5.74) is -0.796. The summed E-state index contributed by atoms with van der Waals surface area (Å²) >= 11 is 0. The fourth-order valence-electron chi connectivity index (χ4n) is 2.07. The van der Waals surface area contributed by atoms with Crippen LogP contribution in [0, 0.1) is 18.6 Å². The zero-order valence-corrected chi connectivity index (χ0v) is 9.85. The van der Waals surface area contributed by atoms with Crippen LogP contribution in [0.1, 0.15) is 35.7 Å². The maximum atomic E-state index is 13.6. The minimum absolute atomic E-state index is 0.0895. The molecule has 1 aliphatic rings. The number of hydrogen-bond donors (Lipinski definition) is 0. The number of aryl methyl sites for hydroxylation is 1. The van der Waals surface area contributed by atoms with Crippen molar-refractivity contribution in [2.45, 2.75) is 32.3 Å². The van der Waals surface area contributed by atoms with Crippen LogP contribution in [-0.2, 0) is 4.74 Å². The third-order valence-electron chi connectivity index (χ3n) is 3.19. The van der Waals surface area contributed by atoms with Crippen molar-refractivity contribution in [3.63, 3.8) is 0 Å². The molecular formula is C13H14F2O2. The number of hydrogen-bond acceptors (Lipinski definition) is 2. The van der Waals surface area contributed by atoms with Gasteiger partial charge in [0, 0.05) is 12.7 Å². The molecule has 17 heavy (non-hydrogen) atoms. The van der Waals surface area contributed by atoms with E-state index in [-0.39, 0.29) is 11.1 Å². The van der Waals surface area contributed by atoms with E-state index in [1.165, 1.54) is 13.0 Å². The van der Waals surface area contributed by atoms with E-state index in [0.29, 0.717) is 13.0 Å². The number of benzene rings is 1. The number of carbonyl (C=O) groups is 1. The van der Waals surface area contributed by atoms with E-state index in [1.807, 2.05) is 0 Å². The average molecular weight is 240 g/mol. The topological polar surface area (TPSA) is 26.3 Å². The van der Waals surface area contributed by atoms with Gasteiger partial charge >= 0.3 is 0 Å². The molecule has 92 valence electrons. The van der Waals surface area contributed by atoms with E-state index in [0.717, 1.165) is 12.5 Å². The first-order valence-electron chi connectivity index (χ1n) is 5.58. The highest BCUT2D eigenvalue weighted by molar-refractivity contribution is 6.02. The largest absolute Gasteiger partial charge is 0.367 e. The van der Waals surface area contributed by atoms with Crippen molar-refractivity contribution in [3.8, 4) is 0 Å². The predicted octanol–water partition coefficient (Wildman–Crippen LogP) is 3.03. The maximum absolute atomic E-state index is 13.6. The Morgan fingerprint density at radius 1 is 1.35 bits per heavy atom. The Bertz CT molecular complexity index is 463. The van der Waals surface area contributed by atoms with Crippen molar-refractivity contribution in [3.05, 3.63) is 34.9 Å². The first-order valence-corrected chi connectivity index (χ1v) is 5.58. The summed E-state index contributed by atoms with van der Waals surface area (Å²) < 4.78 is 32.1. The van der Waals surface area contributed by atoms with Crippen LogP contribution in [0.5, 0.6) is 0 Å². The summed E-state index contributed by atoms with van der Waals surface area (Å²) in [5.74, 6) is -1.87. The molecule has 0 radical (unpaired) electrons. The lowest BCUT2D eigenvalue weighted by molar-refractivity contribution is 0.0210. The second kappa shape index (κ2) is 4.18. The van der Waals surface area contributed by atoms with Gasteiger partial charge in [0.15, 0.2) is 5.78 Å². The third-order valence-corrected chi connectivity index (χ3v) is 3.19. The molecule has 1 unspecified atom stereocenters. The molecule has 0 N–H and O–H groups in total. The van der Waals surface area contributed by atoms with Crippen molar-refractivity contribution in [1.29, 1.82) is 0 Å². The van der Waals surface area contributed by atoms with Gasteiger partial charge in [0.25, 0.3) is 0 Å². The van der Waals surface area contributed by atoms with Gasteiger partial charge in [-0.15, -0.1) is 0 Å². The fourth-order valence-corrected chi connectivity index (χ4v) is 2.07. The van der Waals surface area contributed by atoms with Crippen molar-refractivity contribution in [2.75, 3.05) is 6.61 Å². The van der Waals surface area contributed by atoms with E-state index < -0.39 is 23.0 Å². The van der Waals surface area contributed by atoms with Crippen LogP contribution in [0.2, 0.25) is 0 Å². The van der Waals surface area contributed by atoms with Gasteiger partial charge in [0.2, 0.25) is 0 Å². The van der Waals surface area contributed by atoms with Crippen molar-refractivity contribution >= 4 is 5.78 Å². The number of carbonyl (C=O) groups excluding carboxylic acids is 1. The molecule has 1 heterocycles. The summed E-state index contributed by atoms with van der Waals surface area (Å²) in [7, 11) is 0. The maximum Gasteiger partial charge on any atom is 0.197 e. The molecule has 1 saturated heterocycles. The molecule has 0 bridgehead atoms. The highest BCUT2D eigenvalue weighted by Gasteiger charge is 2.39. The SMILES string of the molecule is Cc1cc(C(=O)C2(C)CCCO2)c(F)cc1F. The number of rotatable bonds is 2. The highest BCUT2D eigenvalue weighted by atomic mass is 19.1. The normalized spacial score (nSPS) is 24.0. The molecule has 2 rings (SSSR count). The Balaban J connectivity index is 2.40. The van der Waals surface area contributed by atoms with E-state index in [2.05, 4.69) is 0 Å². The highest BCUT2D eigenvalue weighted by Crippen LogP contribution is 2.30. The lowest BCUT2D eigenvalue weighted by Crippen LogP contribution is -2.35. The Morgan fingerprint density at radius 3 is 2.65 bits per heavy atom. The number of ether oxygens (including phenoxy) is 1. The zero-order valence-electron chi connectivity index (χ0n) is 9.85. The molecule has 0 spiro atoms. The molecule has 4 heteroatoms. The Kier molecular flexibility index (Phi) is 3.00. The van der Waals surface area contributed by atoms with Gasteiger partial charge in [-0.3, -0.25) is 4.79 Å². The number of halogens is 2. The summed E-state index contributed by atoms with van der Waals surface area (Å²) in [5, 5.41) is 0. The Labute approximate surface area is 98.6 Å². The molecule has 2 nitrogen and oxygen atoms in total. The quantitative estimate of drug-likeness (QED) is 0.743. The molecule has 0 amide bonds. The summed E-state index contributed by atoms with van der Waals surface area (Å²) in [4.78, 5) is 12.2. The van der Waals surface area contributed by atoms with Crippen LogP contribution in [0.25, 0.3) is 0 Å².